The molecule has 1 atom stereocenters. The molecule has 2 rings (SSSR count). The zero-order valence-electron chi connectivity index (χ0n) is 12.3. The quantitative estimate of drug-likeness (QED) is 0.902. The number of amides is 1. The molecule has 1 amide bonds. The van der Waals surface area contributed by atoms with E-state index >= 15 is 0 Å². The van der Waals surface area contributed by atoms with E-state index in [1.165, 1.54) is 0 Å². The summed E-state index contributed by atoms with van der Waals surface area (Å²) in [5, 5.41) is 9.12. The standard InChI is InChI=1S/C16H21NO3/c1-10-7-11(2)14(12(3)8-10)15(18)17-6-4-5-13(9-17)16(19)20/h7-8,13H,4-6,9H2,1-3H3,(H,19,20)/t13-/m1/s1. The van der Waals surface area contributed by atoms with Crippen LogP contribution in [0.1, 0.15) is 39.9 Å². The highest BCUT2D eigenvalue weighted by atomic mass is 16.4. The molecule has 20 heavy (non-hydrogen) atoms. The van der Waals surface area contributed by atoms with E-state index in [-0.39, 0.29) is 5.91 Å². The van der Waals surface area contributed by atoms with Gasteiger partial charge in [0.1, 0.15) is 0 Å². The van der Waals surface area contributed by atoms with Gasteiger partial charge in [-0.15, -0.1) is 0 Å². The van der Waals surface area contributed by atoms with E-state index < -0.39 is 11.9 Å². The molecule has 0 aromatic heterocycles. The van der Waals surface area contributed by atoms with Crippen LogP contribution in [0.15, 0.2) is 12.1 Å². The van der Waals surface area contributed by atoms with E-state index in [0.29, 0.717) is 19.5 Å². The van der Waals surface area contributed by atoms with Gasteiger partial charge in [0.05, 0.1) is 5.92 Å². The number of likely N-dealkylation sites (tertiary alicyclic amines) is 1. The number of rotatable bonds is 2. The molecule has 4 nitrogen and oxygen atoms in total. The third-order valence-corrected chi connectivity index (χ3v) is 3.95. The van der Waals surface area contributed by atoms with Gasteiger partial charge in [0.2, 0.25) is 0 Å². The fourth-order valence-corrected chi connectivity index (χ4v) is 3.04. The Bertz CT molecular complexity index is 528. The van der Waals surface area contributed by atoms with Crippen molar-refractivity contribution in [2.24, 2.45) is 5.92 Å². The van der Waals surface area contributed by atoms with Crippen LogP contribution in [-0.2, 0) is 4.79 Å². The van der Waals surface area contributed by atoms with Crippen molar-refractivity contribution >= 4 is 11.9 Å². The van der Waals surface area contributed by atoms with Crippen molar-refractivity contribution < 1.29 is 14.7 Å². The number of carboxylic acids is 1. The summed E-state index contributed by atoms with van der Waals surface area (Å²) < 4.78 is 0. The van der Waals surface area contributed by atoms with E-state index in [2.05, 4.69) is 0 Å². The second-order valence-corrected chi connectivity index (χ2v) is 5.70. The lowest BCUT2D eigenvalue weighted by molar-refractivity contribution is -0.143. The molecule has 1 saturated heterocycles. The number of hydrogen-bond donors (Lipinski definition) is 1. The molecule has 1 fully saturated rings. The van der Waals surface area contributed by atoms with Gasteiger partial charge in [0.25, 0.3) is 5.91 Å². The molecule has 1 aliphatic rings. The van der Waals surface area contributed by atoms with Crippen molar-refractivity contribution in [2.75, 3.05) is 13.1 Å². The Labute approximate surface area is 119 Å². The lowest BCUT2D eigenvalue weighted by Crippen LogP contribution is -2.42. The number of hydrogen-bond acceptors (Lipinski definition) is 2. The Morgan fingerprint density at radius 1 is 1.20 bits per heavy atom. The molecule has 1 N–H and O–H groups in total. The number of carboxylic acid groups (broad SMARTS) is 1. The average molecular weight is 275 g/mol. The summed E-state index contributed by atoms with van der Waals surface area (Å²) in [6.07, 6.45) is 1.41. The van der Waals surface area contributed by atoms with E-state index in [9.17, 15) is 9.59 Å². The molecule has 1 aliphatic heterocycles. The maximum absolute atomic E-state index is 12.7. The van der Waals surface area contributed by atoms with Crippen LogP contribution in [0.3, 0.4) is 0 Å². The van der Waals surface area contributed by atoms with E-state index in [1.54, 1.807) is 4.90 Å². The number of aryl methyl sites for hydroxylation is 3. The van der Waals surface area contributed by atoms with Crippen LogP contribution in [0.4, 0.5) is 0 Å². The molecule has 1 heterocycles. The average Bonchev–Trinajstić information content (AvgIpc) is 2.37. The molecule has 4 heteroatoms. The Kier molecular flexibility index (Phi) is 4.12. The van der Waals surface area contributed by atoms with Crippen LogP contribution in [0.2, 0.25) is 0 Å². The maximum Gasteiger partial charge on any atom is 0.308 e. The number of nitrogens with zero attached hydrogens (tertiary/aromatic N) is 1. The Morgan fingerprint density at radius 3 is 2.35 bits per heavy atom. The van der Waals surface area contributed by atoms with Crippen LogP contribution in [0.5, 0.6) is 0 Å². The number of piperidine rings is 1. The fourth-order valence-electron chi connectivity index (χ4n) is 3.04. The highest BCUT2D eigenvalue weighted by Gasteiger charge is 2.29. The maximum atomic E-state index is 12.7. The summed E-state index contributed by atoms with van der Waals surface area (Å²) in [5.41, 5.74) is 3.79. The SMILES string of the molecule is Cc1cc(C)c(C(=O)N2CCC[C@@H](C(=O)O)C2)c(C)c1. The summed E-state index contributed by atoms with van der Waals surface area (Å²) in [6, 6.07) is 4.00. The lowest BCUT2D eigenvalue weighted by Gasteiger charge is -2.31. The lowest BCUT2D eigenvalue weighted by atomic mass is 9.95. The van der Waals surface area contributed by atoms with Crippen LogP contribution in [-0.4, -0.2) is 35.0 Å². The predicted molar refractivity (Wildman–Crippen MR) is 76.9 cm³/mol. The largest absolute Gasteiger partial charge is 0.481 e. The summed E-state index contributed by atoms with van der Waals surface area (Å²) in [4.78, 5) is 25.4. The summed E-state index contributed by atoms with van der Waals surface area (Å²) in [6.45, 7) is 6.85. The van der Waals surface area contributed by atoms with Crippen LogP contribution in [0.25, 0.3) is 0 Å². The smallest absolute Gasteiger partial charge is 0.308 e. The van der Waals surface area contributed by atoms with Crippen molar-refractivity contribution in [3.8, 4) is 0 Å². The van der Waals surface area contributed by atoms with Gasteiger partial charge in [0.15, 0.2) is 0 Å². The number of benzene rings is 1. The fraction of sp³-hybridized carbons (Fsp3) is 0.500. The number of carbonyl (C=O) groups excluding carboxylic acids is 1. The number of aliphatic carboxylic acids is 1. The molecule has 0 saturated carbocycles. The second kappa shape index (κ2) is 5.65. The molecule has 0 bridgehead atoms. The monoisotopic (exact) mass is 275 g/mol. The third kappa shape index (κ3) is 2.84. The predicted octanol–water partition coefficient (Wildman–Crippen LogP) is 2.55. The van der Waals surface area contributed by atoms with Crippen molar-refractivity contribution in [1.29, 1.82) is 0 Å². The van der Waals surface area contributed by atoms with E-state index in [1.807, 2.05) is 32.9 Å². The minimum absolute atomic E-state index is 0.0362. The molecule has 0 radical (unpaired) electrons. The van der Waals surface area contributed by atoms with Crippen molar-refractivity contribution in [1.82, 2.24) is 4.90 Å². The van der Waals surface area contributed by atoms with Gasteiger partial charge in [-0.3, -0.25) is 9.59 Å². The highest BCUT2D eigenvalue weighted by molar-refractivity contribution is 5.97. The van der Waals surface area contributed by atoms with Gasteiger partial charge in [-0.25, -0.2) is 0 Å². The first-order valence-corrected chi connectivity index (χ1v) is 7.00. The Morgan fingerprint density at radius 2 is 1.80 bits per heavy atom. The molecule has 0 unspecified atom stereocenters. The van der Waals surface area contributed by atoms with Crippen molar-refractivity contribution in [2.45, 2.75) is 33.6 Å². The molecule has 108 valence electrons. The van der Waals surface area contributed by atoms with Crippen molar-refractivity contribution in [3.63, 3.8) is 0 Å². The van der Waals surface area contributed by atoms with E-state index in [0.717, 1.165) is 28.7 Å². The Hall–Kier alpha value is -1.84. The molecular weight excluding hydrogens is 254 g/mol. The molecular formula is C16H21NO3. The molecule has 0 aliphatic carbocycles. The van der Waals surface area contributed by atoms with Gasteiger partial charge < -0.3 is 10.0 Å². The zero-order valence-corrected chi connectivity index (χ0v) is 12.3. The van der Waals surface area contributed by atoms with Crippen molar-refractivity contribution in [3.05, 3.63) is 34.4 Å². The summed E-state index contributed by atoms with van der Waals surface area (Å²) in [5.74, 6) is -1.27. The van der Waals surface area contributed by atoms with Crippen LogP contribution >= 0.6 is 0 Å². The van der Waals surface area contributed by atoms with Gasteiger partial charge in [-0.1, -0.05) is 17.7 Å². The first kappa shape index (κ1) is 14.6. The first-order valence-electron chi connectivity index (χ1n) is 7.00. The van der Waals surface area contributed by atoms with Gasteiger partial charge >= 0.3 is 5.97 Å². The van der Waals surface area contributed by atoms with Gasteiger partial charge in [-0.2, -0.15) is 0 Å². The number of carbonyl (C=O) groups is 2. The second-order valence-electron chi connectivity index (χ2n) is 5.70. The van der Waals surface area contributed by atoms with E-state index in [4.69, 9.17) is 5.11 Å². The zero-order chi connectivity index (χ0) is 14.9. The minimum Gasteiger partial charge on any atom is -0.481 e. The van der Waals surface area contributed by atoms with Gasteiger partial charge in [0, 0.05) is 18.7 Å². The molecule has 0 spiro atoms. The van der Waals surface area contributed by atoms with Crippen LogP contribution in [0, 0.1) is 26.7 Å². The minimum atomic E-state index is -0.806. The first-order chi connectivity index (χ1) is 9.40. The topological polar surface area (TPSA) is 57.6 Å². The summed E-state index contributed by atoms with van der Waals surface area (Å²) >= 11 is 0. The molecule has 1 aromatic carbocycles. The highest BCUT2D eigenvalue weighted by Crippen LogP contribution is 2.23. The van der Waals surface area contributed by atoms with Gasteiger partial charge in [-0.05, 0) is 44.7 Å². The summed E-state index contributed by atoms with van der Waals surface area (Å²) in [7, 11) is 0. The Balaban J connectivity index is 2.25. The third-order valence-electron chi connectivity index (χ3n) is 3.95. The molecule has 1 aromatic rings. The van der Waals surface area contributed by atoms with Crippen LogP contribution < -0.4 is 0 Å². The normalized spacial score (nSPS) is 18.9.